The molecule has 4 heterocycles. The van der Waals surface area contributed by atoms with Crippen LogP contribution in [0.5, 0.6) is 0 Å². The quantitative estimate of drug-likeness (QED) is 0.684. The Morgan fingerprint density at radius 1 is 0.933 bits per heavy atom. The van der Waals surface area contributed by atoms with E-state index in [2.05, 4.69) is 45.3 Å². The molecule has 0 saturated carbocycles. The lowest BCUT2D eigenvalue weighted by Crippen LogP contribution is -2.36. The predicted octanol–water partition coefficient (Wildman–Crippen LogP) is 4.12. The highest BCUT2D eigenvalue weighted by Crippen LogP contribution is 2.34. The molecule has 6 nitrogen and oxygen atoms in total. The van der Waals surface area contributed by atoms with Gasteiger partial charge in [-0.3, -0.25) is 0 Å². The third-order valence-electron chi connectivity index (χ3n) is 6.55. The fourth-order valence-electron chi connectivity index (χ4n) is 4.82. The summed E-state index contributed by atoms with van der Waals surface area (Å²) in [5, 5.41) is 1.32. The van der Waals surface area contributed by atoms with Gasteiger partial charge in [0, 0.05) is 49.5 Å². The fourth-order valence-corrected chi connectivity index (χ4v) is 6.28. The van der Waals surface area contributed by atoms with Crippen LogP contribution in [0.1, 0.15) is 43.6 Å². The van der Waals surface area contributed by atoms with Crippen LogP contribution < -0.4 is 4.90 Å². The lowest BCUT2D eigenvalue weighted by atomic mass is 9.89. The molecule has 3 aromatic rings. The molecule has 2 aliphatic heterocycles. The van der Waals surface area contributed by atoms with Gasteiger partial charge in [0.25, 0.3) is 0 Å². The van der Waals surface area contributed by atoms with Crippen LogP contribution >= 0.6 is 0 Å². The first-order chi connectivity index (χ1) is 14.6. The Kier molecular flexibility index (Phi) is 5.25. The smallest absolute Gasteiger partial charge is 0.244 e. The number of rotatable bonds is 4. The Bertz CT molecular complexity index is 1110. The maximum absolute atomic E-state index is 12.8. The van der Waals surface area contributed by atoms with Crippen LogP contribution in [-0.4, -0.2) is 48.9 Å². The van der Waals surface area contributed by atoms with E-state index in [1.165, 1.54) is 22.7 Å². The van der Waals surface area contributed by atoms with E-state index in [1.54, 1.807) is 10.4 Å². The van der Waals surface area contributed by atoms with E-state index in [0.717, 1.165) is 51.0 Å². The number of piperidine rings is 2. The number of aromatic amines is 1. The van der Waals surface area contributed by atoms with Gasteiger partial charge in [-0.1, -0.05) is 24.6 Å². The molecular weight excluding hydrogens is 396 g/mol. The molecule has 158 valence electrons. The largest absolute Gasteiger partial charge is 0.361 e. The minimum atomic E-state index is -3.42. The normalized spacial score (nSPS) is 19.4. The highest BCUT2D eigenvalue weighted by molar-refractivity contribution is 7.89. The van der Waals surface area contributed by atoms with Crippen molar-refractivity contribution in [3.63, 3.8) is 0 Å². The third kappa shape index (κ3) is 3.61. The summed E-state index contributed by atoms with van der Waals surface area (Å²) < 4.78 is 27.2. The molecule has 0 bridgehead atoms. The number of hydrogen-bond acceptors (Lipinski definition) is 4. The average Bonchev–Trinajstić information content (AvgIpc) is 3.24. The first kappa shape index (κ1) is 19.6. The summed E-state index contributed by atoms with van der Waals surface area (Å²) in [5.74, 6) is 1.40. The summed E-state index contributed by atoms with van der Waals surface area (Å²) in [7, 11) is -3.42. The second-order valence-corrected chi connectivity index (χ2v) is 10.3. The van der Waals surface area contributed by atoms with Gasteiger partial charge in [-0.25, -0.2) is 13.4 Å². The van der Waals surface area contributed by atoms with Gasteiger partial charge < -0.3 is 9.88 Å². The Morgan fingerprint density at radius 2 is 1.70 bits per heavy atom. The van der Waals surface area contributed by atoms with Crippen molar-refractivity contribution in [2.75, 3.05) is 31.1 Å². The maximum Gasteiger partial charge on any atom is 0.244 e. The molecule has 30 heavy (non-hydrogen) atoms. The van der Waals surface area contributed by atoms with Crippen molar-refractivity contribution in [1.82, 2.24) is 14.3 Å². The molecule has 0 unspecified atom stereocenters. The molecule has 1 N–H and O–H groups in total. The molecule has 1 aromatic carbocycles. The average molecular weight is 425 g/mol. The number of nitrogens with zero attached hydrogens (tertiary/aromatic N) is 3. The summed E-state index contributed by atoms with van der Waals surface area (Å²) >= 11 is 0. The van der Waals surface area contributed by atoms with Crippen LogP contribution in [0, 0.1) is 0 Å². The van der Waals surface area contributed by atoms with Gasteiger partial charge in [0.15, 0.2) is 0 Å². The van der Waals surface area contributed by atoms with Crippen LogP contribution in [0.15, 0.2) is 53.7 Å². The SMILES string of the molecule is O=S(=O)(c1ccc(N2CCC(c3c[nH]c4ccccc34)CC2)nc1)N1CCCCC1. The number of sulfonamides is 1. The van der Waals surface area contributed by atoms with E-state index in [0.29, 0.717) is 23.9 Å². The molecule has 2 fully saturated rings. The highest BCUT2D eigenvalue weighted by atomic mass is 32.2. The summed E-state index contributed by atoms with van der Waals surface area (Å²) in [6.45, 7) is 3.08. The monoisotopic (exact) mass is 424 g/mol. The molecule has 2 aliphatic rings. The molecule has 0 atom stereocenters. The van der Waals surface area contributed by atoms with Crippen LogP contribution in [0.3, 0.4) is 0 Å². The minimum Gasteiger partial charge on any atom is -0.361 e. The Labute approximate surface area is 178 Å². The summed E-state index contributed by atoms with van der Waals surface area (Å²) in [6, 6.07) is 12.1. The lowest BCUT2D eigenvalue weighted by molar-refractivity contribution is 0.346. The molecule has 2 aromatic heterocycles. The number of aromatic nitrogens is 2. The minimum absolute atomic E-state index is 0.307. The third-order valence-corrected chi connectivity index (χ3v) is 8.44. The zero-order valence-corrected chi connectivity index (χ0v) is 17.9. The van der Waals surface area contributed by atoms with Crippen LogP contribution in [0.4, 0.5) is 5.82 Å². The van der Waals surface area contributed by atoms with E-state index in [9.17, 15) is 8.42 Å². The van der Waals surface area contributed by atoms with E-state index >= 15 is 0 Å². The molecule has 7 heteroatoms. The van der Waals surface area contributed by atoms with Gasteiger partial charge >= 0.3 is 0 Å². The number of pyridine rings is 1. The molecule has 0 aliphatic carbocycles. The fraction of sp³-hybridized carbons (Fsp3) is 0.435. The van der Waals surface area contributed by atoms with Crippen molar-refractivity contribution < 1.29 is 8.42 Å². The van der Waals surface area contributed by atoms with E-state index in [-0.39, 0.29) is 0 Å². The van der Waals surface area contributed by atoms with E-state index in [4.69, 9.17) is 0 Å². The number of para-hydroxylation sites is 1. The van der Waals surface area contributed by atoms with Crippen LogP contribution in [0.2, 0.25) is 0 Å². The van der Waals surface area contributed by atoms with Gasteiger partial charge in [0.1, 0.15) is 10.7 Å². The van der Waals surface area contributed by atoms with Crippen molar-refractivity contribution in [2.45, 2.75) is 42.9 Å². The van der Waals surface area contributed by atoms with Crippen LogP contribution in [-0.2, 0) is 10.0 Å². The zero-order chi connectivity index (χ0) is 20.6. The number of anilines is 1. The number of benzene rings is 1. The standard InChI is InChI=1S/C23H28N4O2S/c28-30(29,27-12-4-1-5-13-27)19-8-9-23(25-16-19)26-14-10-18(11-15-26)21-17-24-22-7-3-2-6-20(21)22/h2-3,6-9,16-18,24H,1,4-5,10-15H2. The first-order valence-electron chi connectivity index (χ1n) is 10.9. The van der Waals surface area contributed by atoms with Crippen molar-refractivity contribution in [3.05, 3.63) is 54.4 Å². The summed E-state index contributed by atoms with van der Waals surface area (Å²) in [6.07, 6.45) is 8.81. The second kappa shape index (κ2) is 8.04. The highest BCUT2D eigenvalue weighted by Gasteiger charge is 2.27. The Balaban J connectivity index is 1.26. The Morgan fingerprint density at radius 3 is 2.43 bits per heavy atom. The van der Waals surface area contributed by atoms with Gasteiger partial charge in [0.05, 0.1) is 0 Å². The topological polar surface area (TPSA) is 69.3 Å². The molecule has 0 amide bonds. The summed E-state index contributed by atoms with van der Waals surface area (Å²) in [5.41, 5.74) is 2.60. The first-order valence-corrected chi connectivity index (χ1v) is 12.3. The van der Waals surface area contributed by atoms with Crippen molar-refractivity contribution >= 4 is 26.7 Å². The number of nitrogens with one attached hydrogen (secondary N) is 1. The molecule has 0 radical (unpaired) electrons. The lowest BCUT2D eigenvalue weighted by Gasteiger charge is -2.33. The van der Waals surface area contributed by atoms with E-state index < -0.39 is 10.0 Å². The molecule has 0 spiro atoms. The van der Waals surface area contributed by atoms with Gasteiger partial charge in [0.2, 0.25) is 10.0 Å². The van der Waals surface area contributed by atoms with Crippen molar-refractivity contribution in [1.29, 1.82) is 0 Å². The van der Waals surface area contributed by atoms with Crippen molar-refractivity contribution in [2.24, 2.45) is 0 Å². The van der Waals surface area contributed by atoms with Crippen LogP contribution in [0.25, 0.3) is 10.9 Å². The number of fused-ring (bicyclic) bond motifs is 1. The number of H-pyrrole nitrogens is 1. The second-order valence-electron chi connectivity index (χ2n) is 8.37. The van der Waals surface area contributed by atoms with Crippen molar-refractivity contribution in [3.8, 4) is 0 Å². The van der Waals surface area contributed by atoms with Gasteiger partial charge in [-0.15, -0.1) is 0 Å². The van der Waals surface area contributed by atoms with Gasteiger partial charge in [-0.2, -0.15) is 4.31 Å². The molecule has 5 rings (SSSR count). The predicted molar refractivity (Wildman–Crippen MR) is 119 cm³/mol. The zero-order valence-electron chi connectivity index (χ0n) is 17.1. The number of hydrogen-bond donors (Lipinski definition) is 1. The van der Waals surface area contributed by atoms with Gasteiger partial charge in [-0.05, 0) is 55.4 Å². The summed E-state index contributed by atoms with van der Waals surface area (Å²) in [4.78, 5) is 10.5. The molecule has 2 saturated heterocycles. The Hall–Kier alpha value is -2.38. The maximum atomic E-state index is 12.8. The van der Waals surface area contributed by atoms with E-state index in [1.807, 2.05) is 6.07 Å². The molecular formula is C23H28N4O2S.